The maximum Gasteiger partial charge on any atom is 0.264 e. The Morgan fingerprint density at radius 3 is 2.00 bits per heavy atom. The largest absolute Gasteiger partial charge is 0.315 e. The van der Waals surface area contributed by atoms with Crippen molar-refractivity contribution in [2.45, 2.75) is 13.3 Å². The van der Waals surface area contributed by atoms with Crippen LogP contribution in [0.25, 0.3) is 0 Å². The van der Waals surface area contributed by atoms with Crippen LogP contribution in [0.4, 0.5) is 0 Å². The second kappa shape index (κ2) is 10.4. The van der Waals surface area contributed by atoms with Crippen LogP contribution in [-0.2, 0) is 14.9 Å². The van der Waals surface area contributed by atoms with Gasteiger partial charge in [0.2, 0.25) is 0 Å². The lowest BCUT2D eigenvalue weighted by molar-refractivity contribution is -0.116. The fraction of sp³-hybridized carbons (Fsp3) is 0.900. The lowest BCUT2D eigenvalue weighted by Crippen LogP contribution is -2.34. The second-order valence-corrected chi connectivity index (χ2v) is 5.59. The molecule has 0 aliphatic heterocycles. The van der Waals surface area contributed by atoms with Crippen molar-refractivity contribution in [2.24, 2.45) is 0 Å². The highest BCUT2D eigenvalue weighted by molar-refractivity contribution is 7.85. The fourth-order valence-corrected chi connectivity index (χ4v) is 1.76. The van der Waals surface area contributed by atoms with E-state index < -0.39 is 10.1 Å². The molecule has 0 aromatic rings. The zero-order chi connectivity index (χ0) is 13.9. The van der Waals surface area contributed by atoms with Gasteiger partial charge >= 0.3 is 0 Å². The maximum atomic E-state index is 10.6. The Hall–Kier alpha value is -0.540. The van der Waals surface area contributed by atoms with E-state index in [1.807, 2.05) is 0 Å². The minimum Gasteiger partial charge on any atom is -0.315 e. The van der Waals surface area contributed by atoms with Crippen molar-refractivity contribution in [1.29, 1.82) is 0 Å². The molecule has 0 rings (SSSR count). The van der Waals surface area contributed by atoms with Gasteiger partial charge in [0.05, 0.1) is 12.3 Å². The average molecular weight is 281 g/mol. The molecule has 0 unspecified atom stereocenters. The molecule has 0 aliphatic carbocycles. The van der Waals surface area contributed by atoms with E-state index >= 15 is 0 Å². The van der Waals surface area contributed by atoms with Gasteiger partial charge in [0, 0.05) is 26.2 Å². The van der Waals surface area contributed by atoms with Gasteiger partial charge in [-0.25, -0.2) is 0 Å². The maximum absolute atomic E-state index is 10.6. The predicted octanol–water partition coefficient (Wildman–Crippen LogP) is -1.38. The first-order valence-electron chi connectivity index (χ1n) is 5.98. The van der Waals surface area contributed by atoms with Crippen molar-refractivity contribution in [3.05, 3.63) is 0 Å². The molecule has 0 aromatic carbocycles. The number of carbonyl (C=O) groups excluding carboxylic acids is 1. The molecule has 18 heavy (non-hydrogen) atoms. The minimum atomic E-state index is -3.83. The Bertz CT molecular complexity index is 319. The van der Waals surface area contributed by atoms with Gasteiger partial charge in [-0.3, -0.25) is 9.35 Å². The molecule has 4 N–H and O–H groups in total. The number of Topliss-reactive ketones (excluding diaryl/α,β-unsaturated/α-hetero) is 1. The number of carbonyl (C=O) groups is 1. The zero-order valence-electron chi connectivity index (χ0n) is 10.7. The first kappa shape index (κ1) is 17.5. The van der Waals surface area contributed by atoms with Crippen molar-refractivity contribution >= 4 is 15.9 Å². The highest BCUT2D eigenvalue weighted by Crippen LogP contribution is 1.85. The third kappa shape index (κ3) is 15.5. The van der Waals surface area contributed by atoms with E-state index in [0.29, 0.717) is 19.5 Å². The van der Waals surface area contributed by atoms with Gasteiger partial charge in [0.15, 0.2) is 0 Å². The highest BCUT2D eigenvalue weighted by Gasteiger charge is 2.02. The molecule has 0 radical (unpaired) electrons. The van der Waals surface area contributed by atoms with Crippen LogP contribution in [0.5, 0.6) is 0 Å². The molecule has 0 amide bonds. The molecule has 0 heterocycles. The fourth-order valence-electron chi connectivity index (χ4n) is 1.25. The molecule has 0 aliphatic rings. The van der Waals surface area contributed by atoms with E-state index in [2.05, 4.69) is 16.0 Å². The van der Waals surface area contributed by atoms with Crippen molar-refractivity contribution in [3.63, 3.8) is 0 Å². The number of nitrogens with one attached hydrogen (secondary N) is 3. The molecule has 0 atom stereocenters. The molecular formula is C10H23N3O4S. The van der Waals surface area contributed by atoms with E-state index in [1.54, 1.807) is 0 Å². The van der Waals surface area contributed by atoms with Crippen LogP contribution in [0, 0.1) is 0 Å². The van der Waals surface area contributed by atoms with Crippen LogP contribution in [0.2, 0.25) is 0 Å². The summed E-state index contributed by atoms with van der Waals surface area (Å²) in [6, 6.07) is 0. The van der Waals surface area contributed by atoms with Gasteiger partial charge in [-0.2, -0.15) is 8.42 Å². The van der Waals surface area contributed by atoms with Gasteiger partial charge in [-0.1, -0.05) is 0 Å². The number of rotatable bonds is 12. The van der Waals surface area contributed by atoms with Crippen LogP contribution in [0.15, 0.2) is 0 Å². The summed E-state index contributed by atoms with van der Waals surface area (Å²) in [6.45, 7) is 5.52. The van der Waals surface area contributed by atoms with Crippen molar-refractivity contribution in [1.82, 2.24) is 16.0 Å². The number of hydrogen-bond donors (Lipinski definition) is 4. The molecule has 108 valence electrons. The normalized spacial score (nSPS) is 11.7. The van der Waals surface area contributed by atoms with E-state index in [1.165, 1.54) is 6.92 Å². The third-order valence-electron chi connectivity index (χ3n) is 2.09. The summed E-state index contributed by atoms with van der Waals surface area (Å²) in [7, 11) is -3.83. The topological polar surface area (TPSA) is 108 Å². The zero-order valence-corrected chi connectivity index (χ0v) is 11.6. The molecular weight excluding hydrogens is 258 g/mol. The van der Waals surface area contributed by atoms with Gasteiger partial charge in [-0.15, -0.1) is 0 Å². The molecule has 0 saturated carbocycles. The summed E-state index contributed by atoms with van der Waals surface area (Å²) in [6.07, 6.45) is 0.402. The number of hydrogen-bond acceptors (Lipinski definition) is 6. The summed E-state index contributed by atoms with van der Waals surface area (Å²) >= 11 is 0. The quantitative estimate of drug-likeness (QED) is 0.258. The average Bonchev–Trinajstić information content (AvgIpc) is 2.24. The van der Waals surface area contributed by atoms with Gasteiger partial charge in [-0.05, 0) is 19.9 Å². The summed E-state index contributed by atoms with van der Waals surface area (Å²) in [4.78, 5) is 10.6. The minimum absolute atomic E-state index is 0.121. The van der Waals surface area contributed by atoms with Crippen LogP contribution in [-0.4, -0.2) is 63.8 Å². The Morgan fingerprint density at radius 2 is 1.50 bits per heavy atom. The summed E-state index contributed by atoms with van der Waals surface area (Å²) in [5.74, 6) is -0.0851. The lowest BCUT2D eigenvalue weighted by atomic mass is 10.4. The van der Waals surface area contributed by atoms with Crippen molar-refractivity contribution < 1.29 is 17.8 Å². The second-order valence-electron chi connectivity index (χ2n) is 4.02. The Balaban J connectivity index is 3.10. The van der Waals surface area contributed by atoms with Crippen LogP contribution in [0.3, 0.4) is 0 Å². The van der Waals surface area contributed by atoms with Crippen molar-refractivity contribution in [2.75, 3.05) is 45.0 Å². The monoisotopic (exact) mass is 281 g/mol. The predicted molar refractivity (Wildman–Crippen MR) is 70.3 cm³/mol. The standard InChI is InChI=1S/C10H23N3O4S/c1-10(14)9-13-7-6-12-5-4-11-3-2-8-18(15,16)17/h11-13H,2-9H2,1H3,(H,15,16,17). The Morgan fingerprint density at radius 1 is 1.00 bits per heavy atom. The Labute approximate surface area is 108 Å². The van der Waals surface area contributed by atoms with E-state index in [0.717, 1.165) is 26.2 Å². The van der Waals surface area contributed by atoms with Gasteiger partial charge in [0.1, 0.15) is 5.78 Å². The number of ketones is 1. The first-order chi connectivity index (χ1) is 8.42. The van der Waals surface area contributed by atoms with Gasteiger partial charge in [0.25, 0.3) is 10.1 Å². The summed E-state index contributed by atoms with van der Waals surface area (Å²) < 4.78 is 29.3. The Kier molecular flexibility index (Phi) is 10.1. The molecule has 8 heteroatoms. The van der Waals surface area contributed by atoms with Crippen LogP contribution < -0.4 is 16.0 Å². The summed E-state index contributed by atoms with van der Waals surface area (Å²) in [5, 5.41) is 9.20. The van der Waals surface area contributed by atoms with Crippen LogP contribution in [0.1, 0.15) is 13.3 Å². The van der Waals surface area contributed by atoms with Crippen molar-refractivity contribution in [3.8, 4) is 0 Å². The first-order valence-corrected chi connectivity index (χ1v) is 7.59. The smallest absolute Gasteiger partial charge is 0.264 e. The lowest BCUT2D eigenvalue weighted by Gasteiger charge is -2.06. The molecule has 0 aromatic heterocycles. The third-order valence-corrected chi connectivity index (χ3v) is 2.89. The molecule has 0 spiro atoms. The van der Waals surface area contributed by atoms with E-state index in [9.17, 15) is 13.2 Å². The molecule has 0 saturated heterocycles. The molecule has 0 bridgehead atoms. The van der Waals surface area contributed by atoms with E-state index in [4.69, 9.17) is 4.55 Å². The molecule has 0 fully saturated rings. The van der Waals surface area contributed by atoms with E-state index in [-0.39, 0.29) is 11.5 Å². The van der Waals surface area contributed by atoms with Gasteiger partial charge < -0.3 is 16.0 Å². The van der Waals surface area contributed by atoms with Crippen LogP contribution >= 0.6 is 0 Å². The SMILES string of the molecule is CC(=O)CNCCNCCNCCCS(=O)(=O)O. The molecule has 7 nitrogen and oxygen atoms in total. The summed E-state index contributed by atoms with van der Waals surface area (Å²) in [5.41, 5.74) is 0. The highest BCUT2D eigenvalue weighted by atomic mass is 32.2.